The summed E-state index contributed by atoms with van der Waals surface area (Å²) >= 11 is 12.8. The average Bonchev–Trinajstić information content (AvgIpc) is 2.76. The van der Waals surface area contributed by atoms with E-state index in [1.165, 1.54) is 0 Å². The van der Waals surface area contributed by atoms with Crippen LogP contribution >= 0.6 is 23.2 Å². The van der Waals surface area contributed by atoms with Gasteiger partial charge < -0.3 is 0 Å². The summed E-state index contributed by atoms with van der Waals surface area (Å²) in [5.41, 5.74) is 7.03. The molecule has 0 aliphatic rings. The van der Waals surface area contributed by atoms with Crippen LogP contribution in [-0.2, 0) is 12.8 Å². The molecule has 0 spiro atoms. The van der Waals surface area contributed by atoms with E-state index in [1.807, 2.05) is 68.4 Å². The fourth-order valence-corrected chi connectivity index (χ4v) is 3.70. The number of aromatic nitrogens is 1. The molecule has 0 atom stereocenters. The lowest BCUT2D eigenvalue weighted by Crippen LogP contribution is -2.05. The number of rotatable bonds is 6. The van der Waals surface area contributed by atoms with Gasteiger partial charge in [0.2, 0.25) is 0 Å². The zero-order valence-electron chi connectivity index (χ0n) is 17.7. The van der Waals surface area contributed by atoms with Gasteiger partial charge in [-0.25, -0.2) is 15.0 Å². The van der Waals surface area contributed by atoms with Crippen molar-refractivity contribution in [2.45, 2.75) is 40.5 Å². The van der Waals surface area contributed by atoms with Crippen molar-refractivity contribution in [1.82, 2.24) is 4.98 Å². The molecule has 1 heterocycles. The quantitative estimate of drug-likeness (QED) is 0.362. The maximum absolute atomic E-state index is 6.40. The molecule has 2 aromatic carbocycles. The number of para-hydroxylation sites is 2. The summed E-state index contributed by atoms with van der Waals surface area (Å²) in [6.07, 6.45) is 1.73. The summed E-state index contributed by atoms with van der Waals surface area (Å²) in [5.74, 6) is 0. The lowest BCUT2D eigenvalue weighted by molar-refractivity contribution is 1.13. The molecular weight excluding hydrogens is 413 g/mol. The molecular formula is C25H25Cl2N3. The van der Waals surface area contributed by atoms with Crippen LogP contribution in [0.2, 0.25) is 10.0 Å². The van der Waals surface area contributed by atoms with Gasteiger partial charge in [0, 0.05) is 0 Å². The van der Waals surface area contributed by atoms with E-state index in [1.54, 1.807) is 0 Å². The van der Waals surface area contributed by atoms with Crippen LogP contribution in [0.25, 0.3) is 0 Å². The van der Waals surface area contributed by atoms with E-state index < -0.39 is 0 Å². The van der Waals surface area contributed by atoms with E-state index in [9.17, 15) is 0 Å². The highest BCUT2D eigenvalue weighted by Gasteiger charge is 2.10. The summed E-state index contributed by atoms with van der Waals surface area (Å²) in [4.78, 5) is 14.4. The van der Waals surface area contributed by atoms with Crippen molar-refractivity contribution in [2.24, 2.45) is 9.98 Å². The first-order valence-electron chi connectivity index (χ1n) is 10.1. The second kappa shape index (κ2) is 10.0. The maximum atomic E-state index is 6.40. The minimum atomic E-state index is 0.647. The first kappa shape index (κ1) is 22.2. The van der Waals surface area contributed by atoms with Crippen molar-refractivity contribution in [3.05, 3.63) is 87.2 Å². The van der Waals surface area contributed by atoms with Crippen LogP contribution in [0.1, 0.15) is 50.2 Å². The third-order valence-corrected chi connectivity index (χ3v) is 5.56. The highest BCUT2D eigenvalue weighted by molar-refractivity contribution is 6.33. The second-order valence-electron chi connectivity index (χ2n) is 7.00. The Morgan fingerprint density at radius 2 is 1.10 bits per heavy atom. The third-order valence-electron chi connectivity index (χ3n) is 4.95. The van der Waals surface area contributed by atoms with Gasteiger partial charge in [0.15, 0.2) is 0 Å². The molecule has 0 saturated carbocycles. The van der Waals surface area contributed by atoms with Crippen molar-refractivity contribution >= 4 is 46.0 Å². The summed E-state index contributed by atoms with van der Waals surface area (Å²) in [5, 5.41) is 1.29. The van der Waals surface area contributed by atoms with Crippen molar-refractivity contribution in [2.75, 3.05) is 0 Å². The third kappa shape index (κ3) is 4.97. The highest BCUT2D eigenvalue weighted by Crippen LogP contribution is 2.31. The van der Waals surface area contributed by atoms with Gasteiger partial charge in [-0.3, -0.25) is 0 Å². The van der Waals surface area contributed by atoms with E-state index in [2.05, 4.69) is 13.8 Å². The van der Waals surface area contributed by atoms with Gasteiger partial charge in [0.1, 0.15) is 0 Å². The van der Waals surface area contributed by atoms with Gasteiger partial charge in [-0.15, -0.1) is 0 Å². The van der Waals surface area contributed by atoms with Crippen molar-refractivity contribution in [3.8, 4) is 0 Å². The van der Waals surface area contributed by atoms with Crippen molar-refractivity contribution in [3.63, 3.8) is 0 Å². The van der Waals surface area contributed by atoms with Gasteiger partial charge >= 0.3 is 0 Å². The van der Waals surface area contributed by atoms with E-state index in [-0.39, 0.29) is 0 Å². The lowest BCUT2D eigenvalue weighted by atomic mass is 10.1. The predicted octanol–water partition coefficient (Wildman–Crippen LogP) is 7.79. The first-order chi connectivity index (χ1) is 14.4. The Labute approximate surface area is 188 Å². The molecule has 0 aliphatic heterocycles. The molecule has 3 nitrogen and oxygen atoms in total. The van der Waals surface area contributed by atoms with Gasteiger partial charge in [0.05, 0.1) is 44.2 Å². The fourth-order valence-electron chi connectivity index (χ4n) is 3.23. The van der Waals surface area contributed by atoms with E-state index >= 15 is 0 Å². The fraction of sp³-hybridized carbons (Fsp3) is 0.240. The molecule has 0 radical (unpaired) electrons. The van der Waals surface area contributed by atoms with E-state index in [0.717, 1.165) is 58.2 Å². The molecule has 0 N–H and O–H groups in total. The minimum Gasteiger partial charge on any atom is -0.250 e. The van der Waals surface area contributed by atoms with Crippen LogP contribution in [-0.4, -0.2) is 16.4 Å². The largest absolute Gasteiger partial charge is 0.250 e. The van der Waals surface area contributed by atoms with Gasteiger partial charge in [-0.2, -0.15) is 0 Å². The van der Waals surface area contributed by atoms with Crippen LogP contribution < -0.4 is 0 Å². The van der Waals surface area contributed by atoms with Crippen LogP contribution in [0, 0.1) is 0 Å². The monoisotopic (exact) mass is 437 g/mol. The normalized spacial score (nSPS) is 12.3. The van der Waals surface area contributed by atoms with Crippen LogP contribution in [0.15, 0.2) is 64.6 Å². The molecule has 0 unspecified atom stereocenters. The zero-order valence-corrected chi connectivity index (χ0v) is 19.2. The summed E-state index contributed by atoms with van der Waals surface area (Å²) in [6, 6.07) is 17.6. The molecule has 0 aliphatic carbocycles. The number of benzene rings is 2. The Morgan fingerprint density at radius 3 is 1.50 bits per heavy atom. The summed E-state index contributed by atoms with van der Waals surface area (Å²) in [6.45, 7) is 8.09. The Hall–Kier alpha value is -2.49. The SMILES string of the molecule is CCc1cccc(Cl)c1/N=C(\C)c1cccc(/C(C)=N/c2c(Cl)cccc2CC)n1. The van der Waals surface area contributed by atoms with E-state index in [4.69, 9.17) is 38.2 Å². The lowest BCUT2D eigenvalue weighted by Gasteiger charge is -2.09. The number of pyridine rings is 1. The summed E-state index contributed by atoms with van der Waals surface area (Å²) < 4.78 is 0. The average molecular weight is 438 g/mol. The molecule has 154 valence electrons. The molecule has 0 saturated heterocycles. The number of nitrogens with zero attached hydrogens (tertiary/aromatic N) is 3. The van der Waals surface area contributed by atoms with Crippen LogP contribution in [0.5, 0.6) is 0 Å². The molecule has 1 aromatic heterocycles. The number of hydrogen-bond donors (Lipinski definition) is 0. The molecule has 30 heavy (non-hydrogen) atoms. The number of aryl methyl sites for hydroxylation is 2. The van der Waals surface area contributed by atoms with Gasteiger partial charge in [-0.1, -0.05) is 67.4 Å². The Morgan fingerprint density at radius 1 is 0.700 bits per heavy atom. The molecule has 3 aromatic rings. The highest BCUT2D eigenvalue weighted by atomic mass is 35.5. The smallest absolute Gasteiger partial charge is 0.0851 e. The Kier molecular flexibility index (Phi) is 7.41. The maximum Gasteiger partial charge on any atom is 0.0851 e. The van der Waals surface area contributed by atoms with Crippen molar-refractivity contribution in [1.29, 1.82) is 0 Å². The standard InChI is InChI=1S/C25H25Cl2N3/c1-5-18-10-7-12-20(26)24(18)28-16(3)22-14-9-15-23(30-22)17(4)29-25-19(6-2)11-8-13-21(25)27/h7-15H,5-6H2,1-4H3/b28-16+,29-17+. The zero-order chi connectivity index (χ0) is 21.7. The molecule has 0 bridgehead atoms. The predicted molar refractivity (Wildman–Crippen MR) is 130 cm³/mol. The van der Waals surface area contributed by atoms with Crippen molar-refractivity contribution < 1.29 is 0 Å². The van der Waals surface area contributed by atoms with E-state index in [0.29, 0.717) is 10.0 Å². The van der Waals surface area contributed by atoms with Gasteiger partial charge in [0.25, 0.3) is 0 Å². The molecule has 5 heteroatoms. The van der Waals surface area contributed by atoms with Crippen LogP contribution in [0.4, 0.5) is 11.4 Å². The molecule has 0 fully saturated rings. The van der Waals surface area contributed by atoms with Crippen LogP contribution in [0.3, 0.4) is 0 Å². The molecule has 3 rings (SSSR count). The Balaban J connectivity index is 1.99. The number of halogens is 2. The molecule has 0 amide bonds. The topological polar surface area (TPSA) is 37.6 Å². The Bertz CT molecular complexity index is 1030. The summed E-state index contributed by atoms with van der Waals surface area (Å²) in [7, 11) is 0. The van der Waals surface area contributed by atoms with Gasteiger partial charge in [-0.05, 0) is 62.1 Å². The second-order valence-corrected chi connectivity index (χ2v) is 7.82. The first-order valence-corrected chi connectivity index (χ1v) is 10.8. The number of aliphatic imine (C=N–C) groups is 2. The number of hydrogen-bond acceptors (Lipinski definition) is 3. The minimum absolute atomic E-state index is 0.647.